The first-order chi connectivity index (χ1) is 9.56. The average molecular weight is 276 g/mol. The van der Waals surface area contributed by atoms with Crippen molar-refractivity contribution in [2.24, 2.45) is 5.10 Å². The molecule has 1 aromatic rings. The normalized spacial score (nSPS) is 14.2. The fourth-order valence-corrected chi connectivity index (χ4v) is 1.71. The van der Waals surface area contributed by atoms with Crippen molar-refractivity contribution >= 4 is 17.6 Å². The van der Waals surface area contributed by atoms with Gasteiger partial charge in [0.15, 0.2) is 12.3 Å². The summed E-state index contributed by atoms with van der Waals surface area (Å²) < 4.78 is 0. The van der Waals surface area contributed by atoms with Gasteiger partial charge >= 0.3 is 0 Å². The van der Waals surface area contributed by atoms with Crippen molar-refractivity contribution in [2.75, 3.05) is 13.1 Å². The van der Waals surface area contributed by atoms with Crippen LogP contribution in [-0.2, 0) is 4.79 Å². The maximum atomic E-state index is 11.6. The maximum absolute atomic E-state index is 11.6. The monoisotopic (exact) mass is 276 g/mol. The highest BCUT2D eigenvalue weighted by Crippen LogP contribution is 2.09. The molecule has 0 radical (unpaired) electrons. The van der Waals surface area contributed by atoms with Crippen molar-refractivity contribution in [2.45, 2.75) is 6.42 Å². The van der Waals surface area contributed by atoms with Crippen molar-refractivity contribution in [3.63, 3.8) is 0 Å². The third kappa shape index (κ3) is 3.37. The molecule has 0 bridgehead atoms. The van der Waals surface area contributed by atoms with E-state index in [1.807, 2.05) is 0 Å². The zero-order valence-corrected chi connectivity index (χ0v) is 10.5. The summed E-state index contributed by atoms with van der Waals surface area (Å²) in [7, 11) is 0. The zero-order chi connectivity index (χ0) is 14.5. The Labute approximate surface area is 114 Å². The Hall–Kier alpha value is -2.77. The number of hydrazine groups is 1. The van der Waals surface area contributed by atoms with E-state index < -0.39 is 18.4 Å². The van der Waals surface area contributed by atoms with Crippen LogP contribution in [0.5, 0.6) is 0 Å². The van der Waals surface area contributed by atoms with Crippen LogP contribution in [0.1, 0.15) is 22.3 Å². The quantitative estimate of drug-likeness (QED) is 0.654. The summed E-state index contributed by atoms with van der Waals surface area (Å²) in [4.78, 5) is 33.4. The molecule has 0 saturated carbocycles. The van der Waals surface area contributed by atoms with E-state index in [2.05, 4.69) is 16.0 Å². The summed E-state index contributed by atoms with van der Waals surface area (Å²) >= 11 is 0. The summed E-state index contributed by atoms with van der Waals surface area (Å²) in [6, 6.07) is 6.50. The lowest BCUT2D eigenvalue weighted by atomic mass is 10.0. The number of carboxylic acid groups (broad SMARTS) is 1. The van der Waals surface area contributed by atoms with Crippen molar-refractivity contribution in [3.05, 3.63) is 40.3 Å². The van der Waals surface area contributed by atoms with Crippen molar-refractivity contribution in [3.8, 4) is 0 Å². The fourth-order valence-electron chi connectivity index (χ4n) is 1.71. The van der Waals surface area contributed by atoms with Gasteiger partial charge in [-0.05, 0) is 22.6 Å². The molecule has 0 aromatic heterocycles. The highest BCUT2D eigenvalue weighted by molar-refractivity contribution is 6.02. The highest BCUT2D eigenvalue weighted by atomic mass is 16.4. The minimum Gasteiger partial charge on any atom is -0.548 e. The van der Waals surface area contributed by atoms with E-state index in [0.29, 0.717) is 23.4 Å². The molecule has 1 aliphatic heterocycles. The molecule has 1 aliphatic rings. The molecule has 2 rings (SSSR count). The molecular formula is C12H12N4O4. The number of amides is 1. The second kappa shape index (κ2) is 5.91. The summed E-state index contributed by atoms with van der Waals surface area (Å²) in [5.74, 6) is -1.84. The smallest absolute Gasteiger partial charge is 0.251 e. The summed E-state index contributed by atoms with van der Waals surface area (Å²) in [6.45, 7) is -0.233. The van der Waals surface area contributed by atoms with Gasteiger partial charge in [0.2, 0.25) is 0 Å². The molecule has 1 amide bonds. The van der Waals surface area contributed by atoms with E-state index in [1.165, 1.54) is 0 Å². The van der Waals surface area contributed by atoms with Crippen LogP contribution >= 0.6 is 0 Å². The number of aliphatic carboxylic acids is 1. The summed E-state index contributed by atoms with van der Waals surface area (Å²) in [6.07, 6.45) is 0.507. The number of carbonyl (C=O) groups excluding carboxylic acids is 2. The largest absolute Gasteiger partial charge is 0.548 e. The van der Waals surface area contributed by atoms with Gasteiger partial charge in [-0.1, -0.05) is 12.1 Å². The van der Waals surface area contributed by atoms with Gasteiger partial charge in [-0.3, -0.25) is 4.79 Å². The van der Waals surface area contributed by atoms with Gasteiger partial charge < -0.3 is 15.2 Å². The number of rotatable bonds is 4. The number of benzene rings is 1. The molecule has 0 fully saturated rings. The number of nitrogens with zero attached hydrogens (tertiary/aromatic N) is 2. The molecule has 104 valence electrons. The molecule has 0 atom stereocenters. The average Bonchev–Trinajstić information content (AvgIpc) is 2.46. The van der Waals surface area contributed by atoms with E-state index in [4.69, 9.17) is 0 Å². The SMILES string of the molecule is O=C([O-])CNC(=O)c1ccc(C2=NN[N+](=O)CC2)cc1. The van der Waals surface area contributed by atoms with Gasteiger partial charge in [0.1, 0.15) is 0 Å². The molecule has 2 N–H and O–H groups in total. The van der Waals surface area contributed by atoms with Crippen LogP contribution in [0.2, 0.25) is 0 Å². The second-order valence-electron chi connectivity index (χ2n) is 4.14. The Bertz CT molecular complexity index is 580. The number of carboxylic acids is 1. The van der Waals surface area contributed by atoms with Crippen LogP contribution in [0.3, 0.4) is 0 Å². The van der Waals surface area contributed by atoms with Gasteiger partial charge in [0.25, 0.3) is 5.91 Å². The molecule has 8 nitrogen and oxygen atoms in total. The summed E-state index contributed by atoms with van der Waals surface area (Å²) in [5.41, 5.74) is 4.17. The minimum atomic E-state index is -1.35. The number of nitroso groups, excluding NO2 is 1. The highest BCUT2D eigenvalue weighted by Gasteiger charge is 2.19. The first kappa shape index (κ1) is 13.7. The van der Waals surface area contributed by atoms with E-state index in [0.717, 1.165) is 11.3 Å². The minimum absolute atomic E-state index is 0.298. The third-order valence-electron chi connectivity index (χ3n) is 2.72. The maximum Gasteiger partial charge on any atom is 0.251 e. The molecule has 20 heavy (non-hydrogen) atoms. The molecule has 8 heteroatoms. The van der Waals surface area contributed by atoms with Gasteiger partial charge in [0.05, 0.1) is 18.9 Å². The third-order valence-corrected chi connectivity index (χ3v) is 2.72. The van der Waals surface area contributed by atoms with Gasteiger partial charge in [-0.15, -0.1) is 0 Å². The Balaban J connectivity index is 2.04. The Kier molecular flexibility index (Phi) is 4.04. The van der Waals surface area contributed by atoms with Crippen LogP contribution in [0, 0.1) is 4.91 Å². The lowest BCUT2D eigenvalue weighted by molar-refractivity contribution is -0.609. The number of nitrogens with one attached hydrogen (secondary N) is 2. The van der Waals surface area contributed by atoms with Crippen LogP contribution in [0.25, 0.3) is 0 Å². The topological polar surface area (TPSA) is 114 Å². The number of hydrogen-bond donors (Lipinski definition) is 2. The molecule has 0 unspecified atom stereocenters. The Morgan fingerprint density at radius 1 is 1.35 bits per heavy atom. The van der Waals surface area contributed by atoms with E-state index in [9.17, 15) is 19.6 Å². The van der Waals surface area contributed by atoms with E-state index in [-0.39, 0.29) is 0 Å². The van der Waals surface area contributed by atoms with Crippen LogP contribution < -0.4 is 16.0 Å². The first-order valence-corrected chi connectivity index (χ1v) is 5.91. The lowest BCUT2D eigenvalue weighted by Crippen LogP contribution is -2.37. The predicted octanol–water partition coefficient (Wildman–Crippen LogP) is -1.44. The van der Waals surface area contributed by atoms with Gasteiger partial charge in [-0.2, -0.15) is 0 Å². The zero-order valence-electron chi connectivity index (χ0n) is 10.5. The number of hydrazone groups is 1. The Morgan fingerprint density at radius 3 is 2.60 bits per heavy atom. The summed E-state index contributed by atoms with van der Waals surface area (Å²) in [5, 5.41) is 16.4. The van der Waals surface area contributed by atoms with Crippen molar-refractivity contribution < 1.29 is 19.6 Å². The van der Waals surface area contributed by atoms with E-state index >= 15 is 0 Å². The molecule has 0 saturated heterocycles. The van der Waals surface area contributed by atoms with Crippen molar-refractivity contribution in [1.29, 1.82) is 0 Å². The van der Waals surface area contributed by atoms with Crippen LogP contribution in [0.15, 0.2) is 29.4 Å². The second-order valence-corrected chi connectivity index (χ2v) is 4.14. The molecular weight excluding hydrogens is 264 g/mol. The molecule has 1 heterocycles. The number of carbonyl (C=O) groups is 2. The molecule has 0 aliphatic carbocycles. The van der Waals surface area contributed by atoms with Crippen LogP contribution in [0.4, 0.5) is 0 Å². The lowest BCUT2D eigenvalue weighted by Gasteiger charge is -2.07. The fraction of sp³-hybridized carbons (Fsp3) is 0.250. The van der Waals surface area contributed by atoms with Gasteiger partial charge in [0, 0.05) is 21.1 Å². The van der Waals surface area contributed by atoms with Crippen molar-refractivity contribution in [1.82, 2.24) is 10.9 Å². The predicted molar refractivity (Wildman–Crippen MR) is 66.6 cm³/mol. The molecule has 1 aromatic carbocycles. The number of hydrogen-bond acceptors (Lipinski definition) is 5. The first-order valence-electron chi connectivity index (χ1n) is 5.91. The van der Waals surface area contributed by atoms with Gasteiger partial charge in [-0.25, -0.2) is 0 Å². The molecule has 0 spiro atoms. The standard InChI is InChI=1S/C12H12N4O4/c17-11(18)7-13-12(19)9-3-1-8(2-4-9)10-5-6-16(20)15-14-10/h1-4H,5-7H2,(H2-,13,15,17,18,19,20). The Morgan fingerprint density at radius 2 is 2.05 bits per heavy atom. The van der Waals surface area contributed by atoms with Crippen LogP contribution in [-0.4, -0.2) is 35.5 Å². The van der Waals surface area contributed by atoms with E-state index in [1.54, 1.807) is 24.3 Å².